The molecule has 0 bridgehead atoms. The molecule has 0 saturated heterocycles. The lowest BCUT2D eigenvalue weighted by Crippen LogP contribution is -2.04. The van der Waals surface area contributed by atoms with Crippen LogP contribution in [0.4, 0.5) is 0 Å². The molecule has 1 aliphatic rings. The van der Waals surface area contributed by atoms with Crippen LogP contribution in [0.3, 0.4) is 0 Å². The van der Waals surface area contributed by atoms with E-state index in [1.807, 2.05) is 13.0 Å². The summed E-state index contributed by atoms with van der Waals surface area (Å²) >= 11 is 12.2. The van der Waals surface area contributed by atoms with Crippen molar-refractivity contribution in [3.63, 3.8) is 0 Å². The molecule has 3 nitrogen and oxygen atoms in total. The van der Waals surface area contributed by atoms with Crippen LogP contribution in [0.2, 0.25) is 5.02 Å². The summed E-state index contributed by atoms with van der Waals surface area (Å²) in [6.07, 6.45) is 4.06. The molecule has 0 N–H and O–H groups in total. The van der Waals surface area contributed by atoms with Crippen LogP contribution in [-0.2, 0) is 0 Å². The molecule has 1 aliphatic carbocycles. The van der Waals surface area contributed by atoms with Crippen molar-refractivity contribution in [3.8, 4) is 0 Å². The van der Waals surface area contributed by atoms with Crippen molar-refractivity contribution in [2.45, 2.75) is 38.1 Å². The smallest absolute Gasteiger partial charge is 0.160 e. The van der Waals surface area contributed by atoms with Crippen molar-refractivity contribution in [2.75, 3.05) is 0 Å². The minimum Gasteiger partial charge on any atom is -0.308 e. The minimum absolute atomic E-state index is 0.115. The van der Waals surface area contributed by atoms with Crippen LogP contribution in [0, 0.1) is 5.92 Å². The van der Waals surface area contributed by atoms with Crippen LogP contribution in [0.1, 0.15) is 43.9 Å². The maximum Gasteiger partial charge on any atom is 0.160 e. The van der Waals surface area contributed by atoms with E-state index >= 15 is 0 Å². The predicted molar refractivity (Wildman–Crippen MR) is 74.2 cm³/mol. The van der Waals surface area contributed by atoms with Gasteiger partial charge in [-0.05, 0) is 25.3 Å². The van der Waals surface area contributed by atoms with E-state index in [4.69, 9.17) is 23.2 Å². The fourth-order valence-electron chi connectivity index (χ4n) is 2.57. The lowest BCUT2D eigenvalue weighted by Gasteiger charge is -2.09. The Morgan fingerprint density at radius 1 is 1.56 bits per heavy atom. The van der Waals surface area contributed by atoms with Gasteiger partial charge in [0.15, 0.2) is 5.65 Å². The molecule has 0 spiro atoms. The van der Waals surface area contributed by atoms with E-state index in [1.54, 1.807) is 6.20 Å². The SMILES string of the molecule is CCC1CC1n1c(C(C)Cl)nc2cc(Cl)cnc21. The molecule has 3 unspecified atom stereocenters. The molecule has 1 fully saturated rings. The van der Waals surface area contributed by atoms with Gasteiger partial charge in [0.25, 0.3) is 0 Å². The second-order valence-corrected chi connectivity index (χ2v) is 6.01. The van der Waals surface area contributed by atoms with Crippen molar-refractivity contribution in [2.24, 2.45) is 5.92 Å². The van der Waals surface area contributed by atoms with Gasteiger partial charge in [-0.25, -0.2) is 9.97 Å². The summed E-state index contributed by atoms with van der Waals surface area (Å²) in [7, 11) is 0. The van der Waals surface area contributed by atoms with Crippen molar-refractivity contribution < 1.29 is 0 Å². The summed E-state index contributed by atoms with van der Waals surface area (Å²) in [6, 6.07) is 2.36. The first-order valence-corrected chi connectivity index (χ1v) is 7.10. The molecule has 18 heavy (non-hydrogen) atoms. The van der Waals surface area contributed by atoms with Gasteiger partial charge in [0.2, 0.25) is 0 Å². The average molecular weight is 284 g/mol. The average Bonchev–Trinajstić information content (AvgIpc) is 3.01. The maximum absolute atomic E-state index is 6.24. The van der Waals surface area contributed by atoms with Gasteiger partial charge >= 0.3 is 0 Å². The summed E-state index contributed by atoms with van der Waals surface area (Å²) in [6.45, 7) is 4.17. The third-order valence-corrected chi connectivity index (χ3v) is 4.02. The number of fused-ring (bicyclic) bond motifs is 1. The topological polar surface area (TPSA) is 30.7 Å². The zero-order valence-corrected chi connectivity index (χ0v) is 11.9. The fourth-order valence-corrected chi connectivity index (χ4v) is 2.88. The number of hydrogen-bond acceptors (Lipinski definition) is 2. The maximum atomic E-state index is 6.24. The Labute approximate surface area is 116 Å². The fraction of sp³-hybridized carbons (Fsp3) is 0.538. The van der Waals surface area contributed by atoms with E-state index in [0.717, 1.165) is 22.9 Å². The summed E-state index contributed by atoms with van der Waals surface area (Å²) < 4.78 is 2.21. The number of halogens is 2. The monoisotopic (exact) mass is 283 g/mol. The van der Waals surface area contributed by atoms with E-state index in [9.17, 15) is 0 Å². The highest BCUT2D eigenvalue weighted by Gasteiger charge is 2.40. The Bertz CT molecular complexity index is 591. The van der Waals surface area contributed by atoms with E-state index in [2.05, 4.69) is 21.5 Å². The molecule has 0 aliphatic heterocycles. The molecule has 1 saturated carbocycles. The number of nitrogens with zero attached hydrogens (tertiary/aromatic N) is 3. The molecule has 2 aromatic heterocycles. The minimum atomic E-state index is -0.115. The third-order valence-electron chi connectivity index (χ3n) is 3.62. The molecule has 2 aromatic rings. The number of imidazole rings is 1. The molecular weight excluding hydrogens is 269 g/mol. The Morgan fingerprint density at radius 3 is 2.94 bits per heavy atom. The molecule has 5 heteroatoms. The highest BCUT2D eigenvalue weighted by Crippen LogP contribution is 2.48. The number of pyridine rings is 1. The van der Waals surface area contributed by atoms with Crippen LogP contribution < -0.4 is 0 Å². The predicted octanol–water partition coefficient (Wildman–Crippen LogP) is 4.36. The van der Waals surface area contributed by atoms with Gasteiger partial charge in [0.05, 0.1) is 10.4 Å². The standard InChI is InChI=1S/C13H15Cl2N3/c1-3-8-4-11(8)18-12(7(2)14)17-10-5-9(15)6-16-13(10)18/h5-8,11H,3-4H2,1-2H3. The second kappa shape index (κ2) is 4.39. The first-order valence-electron chi connectivity index (χ1n) is 6.29. The number of aromatic nitrogens is 3. The quantitative estimate of drug-likeness (QED) is 0.784. The van der Waals surface area contributed by atoms with E-state index in [0.29, 0.717) is 11.1 Å². The summed E-state index contributed by atoms with van der Waals surface area (Å²) in [5.74, 6) is 1.64. The first-order chi connectivity index (χ1) is 8.61. The highest BCUT2D eigenvalue weighted by atomic mass is 35.5. The number of rotatable bonds is 3. The normalized spacial score (nSPS) is 24.4. The van der Waals surface area contributed by atoms with Crippen LogP contribution in [0.25, 0.3) is 11.2 Å². The van der Waals surface area contributed by atoms with E-state index in [1.165, 1.54) is 12.8 Å². The molecule has 3 rings (SSSR count). The summed E-state index contributed by atoms with van der Waals surface area (Å²) in [5.41, 5.74) is 1.75. The van der Waals surface area contributed by atoms with Crippen molar-refractivity contribution in [3.05, 3.63) is 23.1 Å². The Kier molecular flexibility index (Phi) is 2.99. The summed E-state index contributed by atoms with van der Waals surface area (Å²) in [4.78, 5) is 9.01. The van der Waals surface area contributed by atoms with Gasteiger partial charge < -0.3 is 4.57 Å². The van der Waals surface area contributed by atoms with E-state index < -0.39 is 0 Å². The zero-order chi connectivity index (χ0) is 12.9. The van der Waals surface area contributed by atoms with Gasteiger partial charge in [0, 0.05) is 12.2 Å². The Balaban J connectivity index is 2.17. The largest absolute Gasteiger partial charge is 0.308 e. The van der Waals surface area contributed by atoms with Gasteiger partial charge in [-0.2, -0.15) is 0 Å². The number of alkyl halides is 1. The highest BCUT2D eigenvalue weighted by molar-refractivity contribution is 6.31. The van der Waals surface area contributed by atoms with E-state index in [-0.39, 0.29) is 5.38 Å². The molecule has 0 radical (unpaired) electrons. The third kappa shape index (κ3) is 1.90. The lowest BCUT2D eigenvalue weighted by atomic mass is 10.3. The van der Waals surface area contributed by atoms with Crippen molar-refractivity contribution in [1.29, 1.82) is 0 Å². The number of hydrogen-bond donors (Lipinski definition) is 0. The van der Waals surface area contributed by atoms with Gasteiger partial charge in [-0.15, -0.1) is 11.6 Å². The molecule has 96 valence electrons. The van der Waals surface area contributed by atoms with Crippen LogP contribution in [0.5, 0.6) is 0 Å². The molecular formula is C13H15Cl2N3. The van der Waals surface area contributed by atoms with Crippen LogP contribution in [-0.4, -0.2) is 14.5 Å². The Morgan fingerprint density at radius 2 is 2.33 bits per heavy atom. The van der Waals surface area contributed by atoms with Gasteiger partial charge in [0.1, 0.15) is 11.3 Å². The Hall–Kier alpha value is -0.800. The zero-order valence-electron chi connectivity index (χ0n) is 10.4. The van der Waals surface area contributed by atoms with Crippen LogP contribution >= 0.6 is 23.2 Å². The van der Waals surface area contributed by atoms with Crippen molar-refractivity contribution >= 4 is 34.4 Å². The molecule has 0 aromatic carbocycles. The van der Waals surface area contributed by atoms with Crippen LogP contribution in [0.15, 0.2) is 12.3 Å². The molecule has 3 atom stereocenters. The summed E-state index contributed by atoms with van der Waals surface area (Å²) in [5, 5.41) is 0.500. The van der Waals surface area contributed by atoms with Crippen molar-refractivity contribution in [1.82, 2.24) is 14.5 Å². The first kappa shape index (κ1) is 12.2. The van der Waals surface area contributed by atoms with Gasteiger partial charge in [-0.3, -0.25) is 0 Å². The molecule has 2 heterocycles. The van der Waals surface area contributed by atoms with Gasteiger partial charge in [-0.1, -0.05) is 24.9 Å². The second-order valence-electron chi connectivity index (χ2n) is 4.92. The molecule has 0 amide bonds. The lowest BCUT2D eigenvalue weighted by molar-refractivity contribution is 0.621.